The smallest absolute Gasteiger partial charge is 0.117 e. The Hall–Kier alpha value is -1.26. The first-order chi connectivity index (χ1) is 7.59. The van der Waals surface area contributed by atoms with E-state index in [4.69, 9.17) is 0 Å². The highest BCUT2D eigenvalue weighted by atomic mass is 32.1. The number of aromatic nitrogens is 2. The van der Waals surface area contributed by atoms with Gasteiger partial charge in [0.05, 0.1) is 15.6 Å². The summed E-state index contributed by atoms with van der Waals surface area (Å²) in [6, 6.07) is 1.90. The van der Waals surface area contributed by atoms with Crippen molar-refractivity contribution < 1.29 is 5.11 Å². The van der Waals surface area contributed by atoms with E-state index >= 15 is 0 Å². The zero-order valence-corrected chi connectivity index (χ0v) is 10.4. The Labute approximate surface area is 98.8 Å². The maximum Gasteiger partial charge on any atom is 0.117 e. The van der Waals surface area contributed by atoms with Crippen molar-refractivity contribution in [2.45, 2.75) is 26.9 Å². The average molecular weight is 234 g/mol. The summed E-state index contributed by atoms with van der Waals surface area (Å²) in [7, 11) is 0. The standard InChI is InChI=1S/C12H14N2OS/c1-7-4-5-13-6-10(7)11(15)12-8(2)14-9(3)16-12/h4-6,11,15H,1-3H3. The maximum atomic E-state index is 10.3. The van der Waals surface area contributed by atoms with Crippen molar-refractivity contribution in [1.82, 2.24) is 9.97 Å². The third-order valence-corrected chi connectivity index (χ3v) is 3.69. The second-order valence-electron chi connectivity index (χ2n) is 3.82. The molecule has 0 fully saturated rings. The van der Waals surface area contributed by atoms with Crippen molar-refractivity contribution in [2.75, 3.05) is 0 Å². The summed E-state index contributed by atoms with van der Waals surface area (Å²) in [5.41, 5.74) is 2.81. The Kier molecular flexibility index (Phi) is 3.03. The van der Waals surface area contributed by atoms with E-state index in [0.29, 0.717) is 0 Å². The predicted molar refractivity (Wildman–Crippen MR) is 64.6 cm³/mol. The highest BCUT2D eigenvalue weighted by Gasteiger charge is 2.18. The summed E-state index contributed by atoms with van der Waals surface area (Å²) in [5, 5.41) is 11.3. The molecule has 0 radical (unpaired) electrons. The van der Waals surface area contributed by atoms with Crippen LogP contribution in [0.4, 0.5) is 0 Å². The van der Waals surface area contributed by atoms with Gasteiger partial charge >= 0.3 is 0 Å². The molecule has 0 amide bonds. The third-order valence-electron chi connectivity index (χ3n) is 2.56. The molecule has 1 unspecified atom stereocenters. The lowest BCUT2D eigenvalue weighted by Crippen LogP contribution is -2.02. The number of thiazole rings is 1. The molecule has 84 valence electrons. The van der Waals surface area contributed by atoms with Crippen LogP contribution in [-0.4, -0.2) is 15.1 Å². The van der Waals surface area contributed by atoms with Crippen LogP contribution in [0.15, 0.2) is 18.5 Å². The van der Waals surface area contributed by atoms with Gasteiger partial charge in [0.25, 0.3) is 0 Å². The number of rotatable bonds is 2. The van der Waals surface area contributed by atoms with Gasteiger partial charge in [-0.25, -0.2) is 4.98 Å². The average Bonchev–Trinajstić information content (AvgIpc) is 2.58. The highest BCUT2D eigenvalue weighted by molar-refractivity contribution is 7.11. The second kappa shape index (κ2) is 4.31. The molecule has 1 N–H and O–H groups in total. The number of hydrogen-bond donors (Lipinski definition) is 1. The fourth-order valence-corrected chi connectivity index (χ4v) is 2.64. The maximum absolute atomic E-state index is 10.3. The largest absolute Gasteiger partial charge is 0.383 e. The summed E-state index contributed by atoms with van der Waals surface area (Å²) >= 11 is 1.54. The Morgan fingerprint density at radius 3 is 2.62 bits per heavy atom. The molecule has 4 heteroatoms. The van der Waals surface area contributed by atoms with Gasteiger partial charge in [0, 0.05) is 18.0 Å². The zero-order valence-electron chi connectivity index (χ0n) is 9.56. The van der Waals surface area contributed by atoms with Crippen LogP contribution in [0.2, 0.25) is 0 Å². The van der Waals surface area contributed by atoms with E-state index < -0.39 is 6.10 Å². The Balaban J connectivity index is 2.43. The molecule has 2 aromatic rings. The molecule has 3 nitrogen and oxygen atoms in total. The van der Waals surface area contributed by atoms with E-state index in [0.717, 1.165) is 26.7 Å². The van der Waals surface area contributed by atoms with E-state index in [2.05, 4.69) is 9.97 Å². The van der Waals surface area contributed by atoms with Gasteiger partial charge in [-0.2, -0.15) is 0 Å². The van der Waals surface area contributed by atoms with Crippen molar-refractivity contribution in [2.24, 2.45) is 0 Å². The van der Waals surface area contributed by atoms with Crippen molar-refractivity contribution >= 4 is 11.3 Å². The highest BCUT2D eigenvalue weighted by Crippen LogP contribution is 2.30. The number of aliphatic hydroxyl groups is 1. The molecule has 0 bridgehead atoms. The van der Waals surface area contributed by atoms with Gasteiger partial charge in [0.15, 0.2) is 0 Å². The molecule has 0 spiro atoms. The molecule has 2 aromatic heterocycles. The number of hydrogen-bond acceptors (Lipinski definition) is 4. The molecule has 1 atom stereocenters. The van der Waals surface area contributed by atoms with Crippen molar-refractivity contribution in [3.63, 3.8) is 0 Å². The van der Waals surface area contributed by atoms with E-state index in [1.165, 1.54) is 11.3 Å². The first-order valence-electron chi connectivity index (χ1n) is 5.12. The molecule has 2 heterocycles. The van der Waals surface area contributed by atoms with Crippen LogP contribution in [0.5, 0.6) is 0 Å². The van der Waals surface area contributed by atoms with Gasteiger partial charge in [0.2, 0.25) is 0 Å². The number of aryl methyl sites for hydroxylation is 3. The quantitative estimate of drug-likeness (QED) is 0.868. The second-order valence-corrected chi connectivity index (χ2v) is 5.05. The number of nitrogens with zero attached hydrogens (tertiary/aromatic N) is 2. The molecule has 0 aromatic carbocycles. The van der Waals surface area contributed by atoms with Crippen LogP contribution in [0.25, 0.3) is 0 Å². The topological polar surface area (TPSA) is 46.0 Å². The van der Waals surface area contributed by atoms with Gasteiger partial charge in [-0.05, 0) is 32.4 Å². The van der Waals surface area contributed by atoms with Crippen molar-refractivity contribution in [1.29, 1.82) is 0 Å². The molecule has 0 aliphatic rings. The van der Waals surface area contributed by atoms with Gasteiger partial charge in [-0.15, -0.1) is 11.3 Å². The van der Waals surface area contributed by atoms with Crippen LogP contribution >= 0.6 is 11.3 Å². The van der Waals surface area contributed by atoms with E-state index in [-0.39, 0.29) is 0 Å². The molecule has 16 heavy (non-hydrogen) atoms. The lowest BCUT2D eigenvalue weighted by molar-refractivity contribution is 0.222. The zero-order chi connectivity index (χ0) is 11.7. The minimum absolute atomic E-state index is 0.611. The minimum atomic E-state index is -0.611. The Morgan fingerprint density at radius 2 is 2.06 bits per heavy atom. The monoisotopic (exact) mass is 234 g/mol. The minimum Gasteiger partial charge on any atom is -0.383 e. The lowest BCUT2D eigenvalue weighted by atomic mass is 10.0. The van der Waals surface area contributed by atoms with Crippen LogP contribution in [0.1, 0.15) is 32.8 Å². The van der Waals surface area contributed by atoms with E-state index in [9.17, 15) is 5.11 Å². The van der Waals surface area contributed by atoms with Crippen molar-refractivity contribution in [3.8, 4) is 0 Å². The van der Waals surface area contributed by atoms with Gasteiger partial charge in [-0.1, -0.05) is 0 Å². The van der Waals surface area contributed by atoms with E-state index in [1.54, 1.807) is 12.4 Å². The predicted octanol–water partition coefficient (Wildman–Crippen LogP) is 2.55. The molecular weight excluding hydrogens is 220 g/mol. The van der Waals surface area contributed by atoms with E-state index in [1.807, 2.05) is 26.8 Å². The molecule has 0 aliphatic carbocycles. The van der Waals surface area contributed by atoms with Crippen LogP contribution in [0.3, 0.4) is 0 Å². The third kappa shape index (κ3) is 1.99. The molecular formula is C12H14N2OS. The summed E-state index contributed by atoms with van der Waals surface area (Å²) in [4.78, 5) is 9.29. The summed E-state index contributed by atoms with van der Waals surface area (Å²) in [6.07, 6.45) is 2.84. The summed E-state index contributed by atoms with van der Waals surface area (Å²) in [6.45, 7) is 5.85. The fraction of sp³-hybridized carbons (Fsp3) is 0.333. The molecule has 2 rings (SSSR count). The van der Waals surface area contributed by atoms with Gasteiger partial charge in [0.1, 0.15) is 6.10 Å². The van der Waals surface area contributed by atoms with Gasteiger partial charge in [-0.3, -0.25) is 4.98 Å². The Bertz CT molecular complexity index is 507. The molecule has 0 aliphatic heterocycles. The first kappa shape index (κ1) is 11.2. The summed E-state index contributed by atoms with van der Waals surface area (Å²) in [5.74, 6) is 0. The van der Waals surface area contributed by atoms with Crippen LogP contribution in [-0.2, 0) is 0 Å². The van der Waals surface area contributed by atoms with Crippen molar-refractivity contribution in [3.05, 3.63) is 45.2 Å². The summed E-state index contributed by atoms with van der Waals surface area (Å²) < 4.78 is 0. The Morgan fingerprint density at radius 1 is 1.31 bits per heavy atom. The number of pyridine rings is 1. The normalized spacial score (nSPS) is 12.8. The molecule has 0 saturated heterocycles. The van der Waals surface area contributed by atoms with Crippen LogP contribution < -0.4 is 0 Å². The van der Waals surface area contributed by atoms with Crippen LogP contribution in [0, 0.1) is 20.8 Å². The SMILES string of the molecule is Cc1nc(C)c(C(O)c2cnccc2C)s1. The fourth-order valence-electron chi connectivity index (χ4n) is 1.70. The first-order valence-corrected chi connectivity index (χ1v) is 5.93. The van der Waals surface area contributed by atoms with Gasteiger partial charge < -0.3 is 5.11 Å². The lowest BCUT2D eigenvalue weighted by Gasteiger charge is -2.11. The molecule has 0 saturated carbocycles. The number of aliphatic hydroxyl groups excluding tert-OH is 1.